The van der Waals surface area contributed by atoms with Crippen LogP contribution in [-0.2, 0) is 12.0 Å². The molecule has 0 spiro atoms. The zero-order valence-corrected chi connectivity index (χ0v) is 15.5. The summed E-state index contributed by atoms with van der Waals surface area (Å²) in [6, 6.07) is 15.9. The number of hydrogen-bond acceptors (Lipinski definition) is 4. The lowest BCUT2D eigenvalue weighted by atomic mass is 9.87. The number of rotatable bonds is 4. The molecule has 0 fully saturated rings. The van der Waals surface area contributed by atoms with Gasteiger partial charge in [-0.2, -0.15) is 0 Å². The molecule has 3 aromatic rings. The van der Waals surface area contributed by atoms with Crippen molar-refractivity contribution in [2.45, 2.75) is 39.7 Å². The van der Waals surface area contributed by atoms with Crippen molar-refractivity contribution in [3.63, 3.8) is 0 Å². The third kappa shape index (κ3) is 4.17. The lowest BCUT2D eigenvalue weighted by molar-refractivity contribution is 0.0917. The van der Waals surface area contributed by atoms with Gasteiger partial charge in [-0.3, -0.25) is 4.79 Å². The highest BCUT2D eigenvalue weighted by atomic mass is 16.4. The molecule has 0 saturated heterocycles. The SMILES string of the molecule is Cc1ccc(-c2nnc(C(=O)NCc3ccc(C(C)(C)C)cc3)o2)cc1. The van der Waals surface area contributed by atoms with Gasteiger partial charge in [-0.15, -0.1) is 10.2 Å². The van der Waals surface area contributed by atoms with Crippen molar-refractivity contribution in [3.8, 4) is 11.5 Å². The van der Waals surface area contributed by atoms with E-state index in [1.54, 1.807) is 0 Å². The number of nitrogens with zero attached hydrogens (tertiary/aromatic N) is 2. The Hall–Kier alpha value is -2.95. The average Bonchev–Trinajstić information content (AvgIpc) is 3.10. The van der Waals surface area contributed by atoms with E-state index in [0.717, 1.165) is 16.7 Å². The van der Waals surface area contributed by atoms with Crippen LogP contribution in [0.15, 0.2) is 52.9 Å². The molecule has 1 N–H and O–H groups in total. The Morgan fingerprint density at radius 1 is 1.00 bits per heavy atom. The lowest BCUT2D eigenvalue weighted by Crippen LogP contribution is -2.23. The fourth-order valence-electron chi connectivity index (χ4n) is 2.51. The molecule has 2 aromatic carbocycles. The number of benzene rings is 2. The van der Waals surface area contributed by atoms with Crippen LogP contribution in [-0.4, -0.2) is 16.1 Å². The number of aryl methyl sites for hydroxylation is 1. The van der Waals surface area contributed by atoms with Gasteiger partial charge in [0.15, 0.2) is 0 Å². The third-order valence-electron chi connectivity index (χ3n) is 4.19. The van der Waals surface area contributed by atoms with Crippen molar-refractivity contribution < 1.29 is 9.21 Å². The number of carbonyl (C=O) groups excluding carboxylic acids is 1. The summed E-state index contributed by atoms with van der Waals surface area (Å²) in [5.74, 6) is -0.0765. The fraction of sp³-hybridized carbons (Fsp3) is 0.286. The van der Waals surface area contributed by atoms with Crippen LogP contribution >= 0.6 is 0 Å². The van der Waals surface area contributed by atoms with Crippen LogP contribution in [0.5, 0.6) is 0 Å². The van der Waals surface area contributed by atoms with Gasteiger partial charge in [0.25, 0.3) is 0 Å². The van der Waals surface area contributed by atoms with E-state index in [0.29, 0.717) is 12.4 Å². The average molecular weight is 349 g/mol. The zero-order valence-electron chi connectivity index (χ0n) is 15.5. The molecular formula is C21H23N3O2. The van der Waals surface area contributed by atoms with Crippen LogP contribution in [0.2, 0.25) is 0 Å². The fourth-order valence-corrected chi connectivity index (χ4v) is 2.51. The van der Waals surface area contributed by atoms with E-state index in [1.807, 2.05) is 43.3 Å². The van der Waals surface area contributed by atoms with Crippen LogP contribution in [0, 0.1) is 6.92 Å². The van der Waals surface area contributed by atoms with Crippen molar-refractivity contribution in [1.82, 2.24) is 15.5 Å². The van der Waals surface area contributed by atoms with Gasteiger partial charge in [0.1, 0.15) is 0 Å². The molecule has 0 aliphatic rings. The van der Waals surface area contributed by atoms with Gasteiger partial charge < -0.3 is 9.73 Å². The first-order chi connectivity index (χ1) is 12.3. The normalized spacial score (nSPS) is 11.4. The van der Waals surface area contributed by atoms with Crippen LogP contribution in [0.1, 0.15) is 48.1 Å². The Kier molecular flexibility index (Phi) is 4.89. The molecule has 1 amide bonds. The standard InChI is InChI=1S/C21H23N3O2/c1-14-5-9-16(10-6-14)19-23-24-20(26-19)18(25)22-13-15-7-11-17(12-8-15)21(2,3)4/h5-12H,13H2,1-4H3,(H,22,25). The van der Waals surface area contributed by atoms with Gasteiger partial charge in [-0.1, -0.05) is 62.7 Å². The van der Waals surface area contributed by atoms with Crippen LogP contribution in [0.3, 0.4) is 0 Å². The van der Waals surface area contributed by atoms with E-state index in [-0.39, 0.29) is 17.2 Å². The highest BCUT2D eigenvalue weighted by Gasteiger charge is 2.16. The Bertz CT molecular complexity index is 888. The molecule has 0 radical (unpaired) electrons. The maximum atomic E-state index is 12.2. The zero-order chi connectivity index (χ0) is 18.7. The Labute approximate surface area is 153 Å². The molecule has 0 aliphatic heterocycles. The maximum Gasteiger partial charge on any atom is 0.309 e. The van der Waals surface area contributed by atoms with Crippen LogP contribution in [0.4, 0.5) is 0 Å². The van der Waals surface area contributed by atoms with Crippen molar-refractivity contribution in [2.24, 2.45) is 0 Å². The smallest absolute Gasteiger partial charge is 0.309 e. The largest absolute Gasteiger partial charge is 0.412 e. The molecule has 0 bridgehead atoms. The van der Waals surface area contributed by atoms with Crippen LogP contribution < -0.4 is 5.32 Å². The highest BCUT2D eigenvalue weighted by Crippen LogP contribution is 2.22. The van der Waals surface area contributed by atoms with Gasteiger partial charge in [-0.05, 0) is 35.6 Å². The monoisotopic (exact) mass is 349 g/mol. The first-order valence-electron chi connectivity index (χ1n) is 8.61. The third-order valence-corrected chi connectivity index (χ3v) is 4.19. The summed E-state index contributed by atoms with van der Waals surface area (Å²) in [6.45, 7) is 8.93. The highest BCUT2D eigenvalue weighted by molar-refractivity contribution is 5.89. The molecule has 0 atom stereocenters. The molecule has 134 valence electrons. The van der Waals surface area contributed by atoms with Crippen molar-refractivity contribution in [3.05, 3.63) is 71.1 Å². The second-order valence-electron chi connectivity index (χ2n) is 7.41. The van der Waals surface area contributed by atoms with Gasteiger partial charge in [-0.25, -0.2) is 0 Å². The van der Waals surface area contributed by atoms with E-state index in [4.69, 9.17) is 4.42 Å². The lowest BCUT2D eigenvalue weighted by Gasteiger charge is -2.19. The first-order valence-corrected chi connectivity index (χ1v) is 8.61. The summed E-state index contributed by atoms with van der Waals surface area (Å²) in [5.41, 5.74) is 4.32. The molecule has 0 unspecified atom stereocenters. The van der Waals surface area contributed by atoms with E-state index in [2.05, 4.69) is 48.4 Å². The van der Waals surface area contributed by atoms with Crippen molar-refractivity contribution in [1.29, 1.82) is 0 Å². The van der Waals surface area contributed by atoms with E-state index < -0.39 is 0 Å². The quantitative estimate of drug-likeness (QED) is 0.764. The summed E-state index contributed by atoms with van der Waals surface area (Å²) in [5, 5.41) is 10.6. The van der Waals surface area contributed by atoms with Crippen molar-refractivity contribution in [2.75, 3.05) is 0 Å². The second kappa shape index (κ2) is 7.12. The summed E-state index contributed by atoms with van der Waals surface area (Å²) in [4.78, 5) is 12.2. The predicted octanol–water partition coefficient (Wildman–Crippen LogP) is 4.27. The molecular weight excluding hydrogens is 326 g/mol. The maximum absolute atomic E-state index is 12.2. The Morgan fingerprint density at radius 3 is 2.27 bits per heavy atom. The molecule has 0 aliphatic carbocycles. The molecule has 1 aromatic heterocycles. The second-order valence-corrected chi connectivity index (χ2v) is 7.41. The topological polar surface area (TPSA) is 68.0 Å². The van der Waals surface area contributed by atoms with E-state index in [1.165, 1.54) is 5.56 Å². The minimum atomic E-state index is -0.379. The first kappa shape index (κ1) is 17.9. The summed E-state index contributed by atoms with van der Waals surface area (Å²) < 4.78 is 5.49. The molecule has 1 heterocycles. The molecule has 5 heteroatoms. The summed E-state index contributed by atoms with van der Waals surface area (Å²) >= 11 is 0. The number of amides is 1. The van der Waals surface area contributed by atoms with Gasteiger partial charge in [0.05, 0.1) is 0 Å². The minimum Gasteiger partial charge on any atom is -0.412 e. The molecule has 5 nitrogen and oxygen atoms in total. The van der Waals surface area contributed by atoms with Crippen LogP contribution in [0.25, 0.3) is 11.5 Å². The van der Waals surface area contributed by atoms with Gasteiger partial charge in [0.2, 0.25) is 5.89 Å². The summed E-state index contributed by atoms with van der Waals surface area (Å²) in [6.07, 6.45) is 0. The number of aromatic nitrogens is 2. The summed E-state index contributed by atoms with van der Waals surface area (Å²) in [7, 11) is 0. The Balaban J connectivity index is 1.63. The van der Waals surface area contributed by atoms with Gasteiger partial charge >= 0.3 is 11.8 Å². The number of nitrogens with one attached hydrogen (secondary N) is 1. The Morgan fingerprint density at radius 2 is 1.65 bits per heavy atom. The molecule has 3 rings (SSSR count). The number of carbonyl (C=O) groups is 1. The van der Waals surface area contributed by atoms with E-state index >= 15 is 0 Å². The molecule has 0 saturated carbocycles. The predicted molar refractivity (Wildman–Crippen MR) is 101 cm³/mol. The number of hydrogen-bond donors (Lipinski definition) is 1. The van der Waals surface area contributed by atoms with Crippen molar-refractivity contribution >= 4 is 5.91 Å². The van der Waals surface area contributed by atoms with E-state index in [9.17, 15) is 4.79 Å². The van der Waals surface area contributed by atoms with Gasteiger partial charge in [0, 0.05) is 12.1 Å². The molecule has 26 heavy (non-hydrogen) atoms. The minimum absolute atomic E-state index is 0.0353.